The summed E-state index contributed by atoms with van der Waals surface area (Å²) < 4.78 is 13.8. The fraction of sp³-hybridized carbons (Fsp3) is 0. The first-order chi connectivity index (χ1) is 17.7. The van der Waals surface area contributed by atoms with E-state index < -0.39 is 0 Å². The Morgan fingerprint density at radius 3 is 2.00 bits per heavy atom. The number of para-hydroxylation sites is 3. The molecule has 0 spiro atoms. The van der Waals surface area contributed by atoms with Gasteiger partial charge in [0.05, 0.1) is 17.6 Å². The number of halogens is 1. The van der Waals surface area contributed by atoms with Crippen LogP contribution >= 0.6 is 11.8 Å². The number of amidine groups is 2. The minimum Gasteiger partial charge on any atom is -0.507 e. The first-order valence-corrected chi connectivity index (χ1v) is 11.9. The molecule has 5 rings (SSSR count). The maximum atomic E-state index is 13.8. The summed E-state index contributed by atoms with van der Waals surface area (Å²) in [5.41, 5.74) is 2.70. The van der Waals surface area contributed by atoms with Crippen LogP contribution < -0.4 is 4.90 Å². The molecular formula is C28H20FN5OS. The number of thioether (sulfide) groups is 1. The molecule has 1 saturated heterocycles. The molecule has 1 N–H and O–H groups in total. The summed E-state index contributed by atoms with van der Waals surface area (Å²) in [5.74, 6) is 0.299. The molecule has 1 fully saturated rings. The SMILES string of the molecule is Oc1ccccc1C=NN=C1SC(=Nc2ccccc2)C(=Nc2ccccc2)N1c1ccc(F)cc1. The zero-order valence-electron chi connectivity index (χ0n) is 18.9. The number of rotatable bonds is 5. The Morgan fingerprint density at radius 1 is 0.722 bits per heavy atom. The van der Waals surface area contributed by atoms with E-state index in [0.717, 1.165) is 11.4 Å². The first-order valence-electron chi connectivity index (χ1n) is 11.1. The lowest BCUT2D eigenvalue weighted by Gasteiger charge is -2.18. The second-order valence-electron chi connectivity index (χ2n) is 7.62. The first kappa shape index (κ1) is 23.2. The molecule has 8 heteroatoms. The molecule has 1 aliphatic rings. The van der Waals surface area contributed by atoms with E-state index >= 15 is 0 Å². The van der Waals surface area contributed by atoms with Gasteiger partial charge in [-0.3, -0.25) is 4.90 Å². The zero-order valence-corrected chi connectivity index (χ0v) is 19.8. The van der Waals surface area contributed by atoms with Crippen LogP contribution in [0.5, 0.6) is 5.75 Å². The van der Waals surface area contributed by atoms with Crippen molar-refractivity contribution in [2.75, 3.05) is 4.90 Å². The van der Waals surface area contributed by atoms with Gasteiger partial charge in [0.15, 0.2) is 5.84 Å². The number of hydrogen-bond donors (Lipinski definition) is 1. The van der Waals surface area contributed by atoms with Crippen molar-refractivity contribution in [2.24, 2.45) is 20.2 Å². The molecule has 4 aromatic carbocycles. The molecule has 36 heavy (non-hydrogen) atoms. The van der Waals surface area contributed by atoms with Crippen LogP contribution in [-0.2, 0) is 0 Å². The molecule has 0 aliphatic carbocycles. The number of aromatic hydroxyl groups is 1. The van der Waals surface area contributed by atoms with Crippen LogP contribution in [0.2, 0.25) is 0 Å². The van der Waals surface area contributed by atoms with Crippen LogP contribution in [0.25, 0.3) is 0 Å². The molecule has 0 bridgehead atoms. The minimum atomic E-state index is -0.346. The highest BCUT2D eigenvalue weighted by molar-refractivity contribution is 8.29. The van der Waals surface area contributed by atoms with Gasteiger partial charge in [-0.1, -0.05) is 48.5 Å². The number of phenols is 1. The number of anilines is 1. The Labute approximate surface area is 211 Å². The Kier molecular flexibility index (Phi) is 6.95. The van der Waals surface area contributed by atoms with Gasteiger partial charge in [-0.05, 0) is 72.4 Å². The average Bonchev–Trinajstić information content (AvgIpc) is 3.23. The second kappa shape index (κ2) is 10.8. The van der Waals surface area contributed by atoms with Crippen molar-refractivity contribution in [2.45, 2.75) is 0 Å². The van der Waals surface area contributed by atoms with Gasteiger partial charge in [0, 0.05) is 11.3 Å². The lowest BCUT2D eigenvalue weighted by Crippen LogP contribution is -2.30. The van der Waals surface area contributed by atoms with E-state index in [2.05, 4.69) is 10.2 Å². The third kappa shape index (κ3) is 5.39. The molecule has 0 radical (unpaired) electrons. The Bertz CT molecular complexity index is 1470. The molecule has 176 valence electrons. The van der Waals surface area contributed by atoms with Gasteiger partial charge < -0.3 is 5.11 Å². The molecule has 0 aromatic heterocycles. The van der Waals surface area contributed by atoms with E-state index in [1.54, 1.807) is 41.3 Å². The van der Waals surface area contributed by atoms with Gasteiger partial charge in [0.1, 0.15) is 16.6 Å². The molecule has 0 atom stereocenters. The molecule has 6 nitrogen and oxygen atoms in total. The molecule has 0 unspecified atom stereocenters. The van der Waals surface area contributed by atoms with Crippen LogP contribution in [0.1, 0.15) is 5.56 Å². The van der Waals surface area contributed by atoms with Gasteiger partial charge in [-0.15, -0.1) is 5.10 Å². The van der Waals surface area contributed by atoms with E-state index in [0.29, 0.717) is 27.3 Å². The predicted molar refractivity (Wildman–Crippen MR) is 147 cm³/mol. The lowest BCUT2D eigenvalue weighted by molar-refractivity contribution is 0.474. The number of nitrogens with zero attached hydrogens (tertiary/aromatic N) is 5. The van der Waals surface area contributed by atoms with Gasteiger partial charge in [0.25, 0.3) is 0 Å². The van der Waals surface area contributed by atoms with Crippen molar-refractivity contribution in [1.82, 2.24) is 0 Å². The summed E-state index contributed by atoms with van der Waals surface area (Å²) in [4.78, 5) is 11.5. The maximum Gasteiger partial charge on any atom is 0.202 e. The van der Waals surface area contributed by atoms with Crippen LogP contribution in [0, 0.1) is 5.82 Å². The van der Waals surface area contributed by atoms with Crippen LogP contribution in [-0.4, -0.2) is 27.4 Å². The molecule has 1 heterocycles. The number of hydrogen-bond acceptors (Lipinski definition) is 6. The molecule has 4 aromatic rings. The summed E-state index contributed by atoms with van der Waals surface area (Å²) in [7, 11) is 0. The summed E-state index contributed by atoms with van der Waals surface area (Å²) >= 11 is 1.30. The molecule has 0 amide bonds. The van der Waals surface area contributed by atoms with Gasteiger partial charge >= 0.3 is 0 Å². The Balaban J connectivity index is 1.63. The predicted octanol–water partition coefficient (Wildman–Crippen LogP) is 6.94. The smallest absolute Gasteiger partial charge is 0.202 e. The fourth-order valence-electron chi connectivity index (χ4n) is 3.40. The van der Waals surface area contributed by atoms with Gasteiger partial charge in [-0.2, -0.15) is 5.10 Å². The fourth-order valence-corrected chi connectivity index (χ4v) is 4.33. The highest BCUT2D eigenvalue weighted by Gasteiger charge is 2.35. The van der Waals surface area contributed by atoms with Crippen molar-refractivity contribution in [3.05, 3.63) is 121 Å². The maximum absolute atomic E-state index is 13.8. The van der Waals surface area contributed by atoms with Crippen molar-refractivity contribution in [3.8, 4) is 5.75 Å². The number of aliphatic imine (C=N–C) groups is 2. The molecule has 1 aliphatic heterocycles. The lowest BCUT2D eigenvalue weighted by atomic mass is 10.2. The quantitative estimate of drug-likeness (QED) is 0.242. The molecule has 0 saturated carbocycles. The average molecular weight is 494 g/mol. The summed E-state index contributed by atoms with van der Waals surface area (Å²) in [6, 6.07) is 32.0. The van der Waals surface area contributed by atoms with Crippen LogP contribution in [0.3, 0.4) is 0 Å². The summed E-state index contributed by atoms with van der Waals surface area (Å²) in [6.07, 6.45) is 1.48. The topological polar surface area (TPSA) is 72.9 Å². The monoisotopic (exact) mass is 493 g/mol. The summed E-state index contributed by atoms with van der Waals surface area (Å²) in [5, 5.41) is 19.8. The Morgan fingerprint density at radius 2 is 1.33 bits per heavy atom. The van der Waals surface area contributed by atoms with E-state index in [1.807, 2.05) is 60.7 Å². The number of phenolic OH excluding ortho intramolecular Hbond substituents is 1. The van der Waals surface area contributed by atoms with Crippen molar-refractivity contribution >= 4 is 51.1 Å². The highest BCUT2D eigenvalue weighted by Crippen LogP contribution is 2.33. The van der Waals surface area contributed by atoms with Crippen LogP contribution in [0.4, 0.5) is 21.5 Å². The largest absolute Gasteiger partial charge is 0.507 e. The third-order valence-corrected chi connectivity index (χ3v) is 6.04. The molecular weight excluding hydrogens is 473 g/mol. The third-order valence-electron chi connectivity index (χ3n) is 5.12. The number of benzene rings is 4. The van der Waals surface area contributed by atoms with E-state index in [-0.39, 0.29) is 11.6 Å². The van der Waals surface area contributed by atoms with E-state index in [4.69, 9.17) is 9.98 Å². The highest BCUT2D eigenvalue weighted by atomic mass is 32.2. The van der Waals surface area contributed by atoms with Gasteiger partial charge in [-0.25, -0.2) is 14.4 Å². The minimum absolute atomic E-state index is 0.105. The van der Waals surface area contributed by atoms with E-state index in [9.17, 15) is 9.50 Å². The van der Waals surface area contributed by atoms with Crippen molar-refractivity contribution < 1.29 is 9.50 Å². The van der Waals surface area contributed by atoms with Crippen LogP contribution in [0.15, 0.2) is 129 Å². The van der Waals surface area contributed by atoms with Crippen molar-refractivity contribution in [3.63, 3.8) is 0 Å². The zero-order chi connectivity index (χ0) is 24.7. The van der Waals surface area contributed by atoms with Crippen molar-refractivity contribution in [1.29, 1.82) is 0 Å². The standard InChI is InChI=1S/C28H20FN5OS/c29-21-15-17-24(18-16-21)34-26(31-22-10-3-1-4-11-22)27(32-23-12-5-2-6-13-23)36-28(34)33-30-19-20-9-7-8-14-25(20)35/h1-19,35H. The summed E-state index contributed by atoms with van der Waals surface area (Å²) in [6.45, 7) is 0. The van der Waals surface area contributed by atoms with E-state index in [1.165, 1.54) is 30.1 Å². The normalized spacial score (nSPS) is 17.0. The second-order valence-corrected chi connectivity index (χ2v) is 8.58. The Hall–Kier alpha value is -4.56. The van der Waals surface area contributed by atoms with Gasteiger partial charge in [0.2, 0.25) is 5.17 Å².